The van der Waals surface area contributed by atoms with Gasteiger partial charge in [-0.3, -0.25) is 0 Å². The molecule has 0 unspecified atom stereocenters. The molecule has 0 heterocycles. The van der Waals surface area contributed by atoms with Crippen molar-refractivity contribution >= 4 is 30.1 Å². The lowest BCUT2D eigenvalue weighted by molar-refractivity contribution is 0.439. The minimum absolute atomic E-state index is 0.0428. The molecule has 0 N–H and O–H groups in total. The van der Waals surface area contributed by atoms with E-state index in [1.807, 2.05) is 0 Å². The van der Waals surface area contributed by atoms with Crippen molar-refractivity contribution in [1.82, 2.24) is 0 Å². The van der Waals surface area contributed by atoms with Gasteiger partial charge < -0.3 is 17.1 Å². The summed E-state index contributed by atoms with van der Waals surface area (Å²) in [5, 5.41) is 0. The Labute approximate surface area is 101 Å². The summed E-state index contributed by atoms with van der Waals surface area (Å²) in [6.45, 7) is -5.08. The molecular weight excluding hydrogens is 283 g/mol. The Morgan fingerprint density at radius 1 is 1.24 bits per heavy atom. The van der Waals surface area contributed by atoms with E-state index in [0.29, 0.717) is 0 Å². The number of hydrogen-bond acceptors (Lipinski definition) is 4. The van der Waals surface area contributed by atoms with Gasteiger partial charge in [0.25, 0.3) is 0 Å². The predicted molar refractivity (Wildman–Crippen MR) is 57.1 cm³/mol. The van der Waals surface area contributed by atoms with Crippen LogP contribution >= 0.6 is 12.6 Å². The zero-order valence-corrected chi connectivity index (χ0v) is 9.82. The van der Waals surface area contributed by atoms with Gasteiger partial charge in [0, 0.05) is 4.90 Å². The van der Waals surface area contributed by atoms with Crippen molar-refractivity contribution in [2.75, 3.05) is 0 Å². The summed E-state index contributed by atoms with van der Waals surface area (Å²) in [5.41, 5.74) is -0.247. The Balaban J connectivity index is 3.03. The Bertz CT molecular complexity index is 514. The minimum Gasteiger partial charge on any atom is -0.449 e. The maximum atomic E-state index is 12.2. The summed E-state index contributed by atoms with van der Waals surface area (Å²) in [5.74, 6) is -0.546. The Hall–Kier alpha value is -0.895. The number of thiol groups is 1. The van der Waals surface area contributed by atoms with E-state index in [2.05, 4.69) is 16.8 Å². The first kappa shape index (κ1) is 14.2. The van der Waals surface area contributed by atoms with Crippen molar-refractivity contribution in [3.63, 3.8) is 0 Å². The van der Waals surface area contributed by atoms with E-state index in [9.17, 15) is 25.3 Å². The molecule has 1 rings (SSSR count). The Kier molecular flexibility index (Phi) is 3.97. The van der Waals surface area contributed by atoms with Gasteiger partial charge in [-0.15, -0.1) is 12.6 Å². The summed E-state index contributed by atoms with van der Waals surface area (Å²) in [7, 11) is -5.26. The van der Waals surface area contributed by atoms with Crippen molar-refractivity contribution in [3.8, 4) is 5.75 Å². The SMILES string of the molecule is O=S(=O)(F)Oc1cc(S)cc(C[B-](F)(F)F)c1. The van der Waals surface area contributed by atoms with Gasteiger partial charge in [-0.25, -0.2) is 0 Å². The van der Waals surface area contributed by atoms with E-state index in [-0.39, 0.29) is 10.5 Å². The Morgan fingerprint density at radius 2 is 1.82 bits per heavy atom. The van der Waals surface area contributed by atoms with E-state index < -0.39 is 29.6 Å². The largest absolute Gasteiger partial charge is 0.488 e. The molecule has 0 amide bonds. The molecule has 0 spiro atoms. The zero-order valence-electron chi connectivity index (χ0n) is 8.11. The summed E-state index contributed by atoms with van der Waals surface area (Å²) < 4.78 is 72.8. The molecular formula is C7H6BF4O3S2-. The first-order valence-electron chi connectivity index (χ1n) is 4.23. The maximum absolute atomic E-state index is 12.2. The standard InChI is InChI=1S/C7H6BF4O3S2/c9-8(10,11)4-5-1-6(3-7(16)2-5)15-17(12,13)14/h1-3,16H,4H2/q-1. The van der Waals surface area contributed by atoms with Crippen LogP contribution < -0.4 is 4.18 Å². The van der Waals surface area contributed by atoms with Crippen molar-refractivity contribution in [1.29, 1.82) is 0 Å². The van der Waals surface area contributed by atoms with E-state index in [1.54, 1.807) is 0 Å². The Morgan fingerprint density at radius 3 is 2.29 bits per heavy atom. The van der Waals surface area contributed by atoms with Crippen LogP contribution in [0.4, 0.5) is 16.8 Å². The highest BCUT2D eigenvalue weighted by molar-refractivity contribution is 7.81. The fraction of sp³-hybridized carbons (Fsp3) is 0.143. The van der Waals surface area contributed by atoms with Crippen LogP contribution in [0, 0.1) is 0 Å². The first-order chi connectivity index (χ1) is 7.55. The van der Waals surface area contributed by atoms with Crippen molar-refractivity contribution in [3.05, 3.63) is 23.8 Å². The second-order valence-corrected chi connectivity index (χ2v) is 4.70. The van der Waals surface area contributed by atoms with Gasteiger partial charge in [-0.1, -0.05) is 15.8 Å². The molecule has 96 valence electrons. The average molecular weight is 289 g/mol. The molecule has 0 saturated carbocycles. The number of halogens is 4. The highest BCUT2D eigenvalue weighted by Crippen LogP contribution is 2.25. The molecule has 0 aliphatic heterocycles. The zero-order chi connectivity index (χ0) is 13.3. The third-order valence-corrected chi connectivity index (χ3v) is 2.26. The number of hydrogen-bond donors (Lipinski definition) is 1. The number of rotatable bonds is 4. The van der Waals surface area contributed by atoms with Crippen LogP contribution in [0.5, 0.6) is 5.75 Å². The van der Waals surface area contributed by atoms with E-state index in [1.165, 1.54) is 0 Å². The van der Waals surface area contributed by atoms with Gasteiger partial charge in [-0.2, -0.15) is 8.42 Å². The normalized spacial score (nSPS) is 12.5. The lowest BCUT2D eigenvalue weighted by Gasteiger charge is -2.14. The molecule has 3 nitrogen and oxygen atoms in total. The molecule has 0 radical (unpaired) electrons. The lowest BCUT2D eigenvalue weighted by Crippen LogP contribution is -2.19. The van der Waals surface area contributed by atoms with Gasteiger partial charge in [0.1, 0.15) is 5.75 Å². The fourth-order valence-electron chi connectivity index (χ4n) is 1.19. The molecule has 0 aromatic heterocycles. The van der Waals surface area contributed by atoms with Crippen molar-refractivity contribution in [2.24, 2.45) is 0 Å². The molecule has 0 fully saturated rings. The summed E-state index contributed by atoms with van der Waals surface area (Å²) in [6, 6.07) is 2.88. The molecule has 0 aliphatic carbocycles. The topological polar surface area (TPSA) is 43.4 Å². The highest BCUT2D eigenvalue weighted by atomic mass is 32.3. The van der Waals surface area contributed by atoms with Crippen LogP contribution in [0.25, 0.3) is 0 Å². The van der Waals surface area contributed by atoms with Crippen LogP contribution in [0.1, 0.15) is 5.56 Å². The van der Waals surface area contributed by atoms with Crippen LogP contribution in [0.3, 0.4) is 0 Å². The third kappa shape index (κ3) is 5.82. The van der Waals surface area contributed by atoms with Gasteiger partial charge >= 0.3 is 17.5 Å². The van der Waals surface area contributed by atoms with E-state index >= 15 is 0 Å². The van der Waals surface area contributed by atoms with E-state index in [4.69, 9.17) is 0 Å². The molecule has 17 heavy (non-hydrogen) atoms. The third-order valence-electron chi connectivity index (χ3n) is 1.61. The average Bonchev–Trinajstić information content (AvgIpc) is 1.93. The molecule has 10 heteroatoms. The first-order valence-corrected chi connectivity index (χ1v) is 5.99. The smallest absolute Gasteiger partial charge is 0.449 e. The van der Waals surface area contributed by atoms with Gasteiger partial charge in [0.2, 0.25) is 0 Å². The van der Waals surface area contributed by atoms with E-state index in [0.717, 1.165) is 18.2 Å². The van der Waals surface area contributed by atoms with Crippen LogP contribution in [-0.4, -0.2) is 15.4 Å². The van der Waals surface area contributed by atoms with Gasteiger partial charge in [0.05, 0.1) is 0 Å². The maximum Gasteiger partial charge on any atom is 0.488 e. The van der Waals surface area contributed by atoms with Gasteiger partial charge in [0.15, 0.2) is 0 Å². The van der Waals surface area contributed by atoms with Crippen LogP contribution in [0.2, 0.25) is 0 Å². The second kappa shape index (κ2) is 4.77. The van der Waals surface area contributed by atoms with Crippen LogP contribution in [0.15, 0.2) is 23.1 Å². The number of benzene rings is 1. The molecule has 0 atom stereocenters. The van der Waals surface area contributed by atoms with Gasteiger partial charge in [-0.05, 0) is 18.2 Å². The minimum atomic E-state index is -5.26. The van der Waals surface area contributed by atoms with Crippen LogP contribution in [-0.2, 0) is 16.8 Å². The molecule has 0 aliphatic rings. The fourth-order valence-corrected chi connectivity index (χ4v) is 1.81. The molecule has 0 bridgehead atoms. The summed E-state index contributed by atoms with van der Waals surface area (Å²) in [6.07, 6.45) is -1.23. The molecule has 1 aromatic carbocycles. The predicted octanol–water partition coefficient (Wildman–Crippen LogP) is 2.50. The highest BCUT2D eigenvalue weighted by Gasteiger charge is 2.24. The molecule has 1 aromatic rings. The summed E-state index contributed by atoms with van der Waals surface area (Å²) >= 11 is 3.77. The summed E-state index contributed by atoms with van der Waals surface area (Å²) in [4.78, 5) is 0.0428. The molecule has 0 saturated heterocycles. The monoisotopic (exact) mass is 289 g/mol. The second-order valence-electron chi connectivity index (χ2n) is 3.23. The van der Waals surface area contributed by atoms with Crippen molar-refractivity contribution < 1.29 is 29.4 Å². The quantitative estimate of drug-likeness (QED) is 0.401. The van der Waals surface area contributed by atoms with Crippen molar-refractivity contribution in [2.45, 2.75) is 11.2 Å². The lowest BCUT2D eigenvalue weighted by atomic mass is 9.82.